The normalized spacial score (nSPS) is 25.9. The Labute approximate surface area is 106 Å². The van der Waals surface area contributed by atoms with Gasteiger partial charge in [-0.25, -0.2) is 0 Å². The predicted octanol–water partition coefficient (Wildman–Crippen LogP) is 3.31. The van der Waals surface area contributed by atoms with Crippen molar-refractivity contribution in [2.75, 3.05) is 18.0 Å². The second-order valence-electron chi connectivity index (χ2n) is 4.77. The van der Waals surface area contributed by atoms with E-state index in [1.54, 1.807) is 6.07 Å². The van der Waals surface area contributed by atoms with Gasteiger partial charge in [-0.3, -0.25) is 0 Å². The van der Waals surface area contributed by atoms with Crippen molar-refractivity contribution in [1.82, 2.24) is 0 Å². The number of halogens is 2. The Morgan fingerprint density at radius 2 is 2.12 bits per heavy atom. The van der Waals surface area contributed by atoms with E-state index in [1.807, 2.05) is 12.1 Å². The van der Waals surface area contributed by atoms with Crippen LogP contribution in [0.5, 0.6) is 0 Å². The van der Waals surface area contributed by atoms with E-state index in [2.05, 4.69) is 11.8 Å². The van der Waals surface area contributed by atoms with Gasteiger partial charge in [-0.1, -0.05) is 23.2 Å². The maximum Gasteiger partial charge on any atom is 0.0654 e. The monoisotopic (exact) mass is 258 g/mol. The van der Waals surface area contributed by atoms with Gasteiger partial charge in [0.15, 0.2) is 0 Å². The van der Waals surface area contributed by atoms with Crippen LogP contribution in [-0.4, -0.2) is 18.6 Å². The van der Waals surface area contributed by atoms with Gasteiger partial charge < -0.3 is 10.6 Å². The number of benzene rings is 1. The summed E-state index contributed by atoms with van der Waals surface area (Å²) >= 11 is 12.1. The van der Waals surface area contributed by atoms with Gasteiger partial charge in [-0.15, -0.1) is 0 Å². The van der Waals surface area contributed by atoms with E-state index in [0.717, 1.165) is 31.6 Å². The van der Waals surface area contributed by atoms with Crippen LogP contribution in [0.15, 0.2) is 18.2 Å². The molecule has 0 amide bonds. The lowest BCUT2D eigenvalue weighted by atomic mass is 9.92. The Balaban J connectivity index is 2.23. The van der Waals surface area contributed by atoms with E-state index in [1.165, 1.54) is 0 Å². The summed E-state index contributed by atoms with van der Waals surface area (Å²) in [7, 11) is 0. The van der Waals surface area contributed by atoms with Gasteiger partial charge in [0.25, 0.3) is 0 Å². The molecule has 1 heterocycles. The SMILES string of the molecule is CC1(N)CCCN(c2ccc(Cl)cc2Cl)C1. The highest BCUT2D eigenvalue weighted by Gasteiger charge is 2.27. The number of nitrogens with two attached hydrogens (primary N) is 1. The number of piperidine rings is 1. The minimum atomic E-state index is -0.124. The van der Waals surface area contributed by atoms with Crippen molar-refractivity contribution in [1.29, 1.82) is 0 Å². The van der Waals surface area contributed by atoms with Crippen LogP contribution in [-0.2, 0) is 0 Å². The molecule has 2 N–H and O–H groups in total. The summed E-state index contributed by atoms with van der Waals surface area (Å²) < 4.78 is 0. The van der Waals surface area contributed by atoms with Gasteiger partial charge in [-0.2, -0.15) is 0 Å². The summed E-state index contributed by atoms with van der Waals surface area (Å²) in [5, 5.41) is 1.37. The molecule has 0 bridgehead atoms. The molecule has 2 nitrogen and oxygen atoms in total. The molecule has 1 aromatic rings. The fourth-order valence-corrected chi connectivity index (χ4v) is 2.74. The molecule has 88 valence electrons. The van der Waals surface area contributed by atoms with Gasteiger partial charge in [-0.05, 0) is 38.0 Å². The van der Waals surface area contributed by atoms with Crippen LogP contribution >= 0.6 is 23.2 Å². The zero-order chi connectivity index (χ0) is 11.8. The molecular formula is C12H16Cl2N2. The van der Waals surface area contributed by atoms with Crippen molar-refractivity contribution >= 4 is 28.9 Å². The molecule has 0 saturated carbocycles. The minimum Gasteiger partial charge on any atom is -0.368 e. The van der Waals surface area contributed by atoms with E-state index in [9.17, 15) is 0 Å². The summed E-state index contributed by atoms with van der Waals surface area (Å²) in [6, 6.07) is 5.61. The lowest BCUT2D eigenvalue weighted by molar-refractivity contribution is 0.375. The van der Waals surface area contributed by atoms with Crippen LogP contribution in [0.4, 0.5) is 5.69 Å². The first-order chi connectivity index (χ1) is 7.48. The number of hydrogen-bond acceptors (Lipinski definition) is 2. The van der Waals surface area contributed by atoms with Gasteiger partial charge in [0.1, 0.15) is 0 Å². The standard InChI is InChI=1S/C12H16Cl2N2/c1-12(15)5-2-6-16(8-12)11-4-3-9(13)7-10(11)14/h3-4,7H,2,5-6,8,15H2,1H3. The number of nitrogens with zero attached hydrogens (tertiary/aromatic N) is 1. The van der Waals surface area contributed by atoms with E-state index in [0.29, 0.717) is 10.0 Å². The predicted molar refractivity (Wildman–Crippen MR) is 70.5 cm³/mol. The molecule has 4 heteroatoms. The molecule has 1 fully saturated rings. The first kappa shape index (κ1) is 12.0. The van der Waals surface area contributed by atoms with Crippen molar-refractivity contribution in [3.8, 4) is 0 Å². The summed E-state index contributed by atoms with van der Waals surface area (Å²) in [5.74, 6) is 0. The fourth-order valence-electron chi connectivity index (χ4n) is 2.21. The summed E-state index contributed by atoms with van der Waals surface area (Å²) in [6.45, 7) is 3.94. The largest absolute Gasteiger partial charge is 0.368 e. The molecule has 2 rings (SSSR count). The lowest BCUT2D eigenvalue weighted by Gasteiger charge is -2.39. The van der Waals surface area contributed by atoms with Crippen LogP contribution in [0, 0.1) is 0 Å². The van der Waals surface area contributed by atoms with Crippen LogP contribution in [0.1, 0.15) is 19.8 Å². The van der Waals surface area contributed by atoms with Crippen LogP contribution in [0.3, 0.4) is 0 Å². The Morgan fingerprint density at radius 3 is 2.75 bits per heavy atom. The second kappa shape index (κ2) is 4.44. The quantitative estimate of drug-likeness (QED) is 0.838. The van der Waals surface area contributed by atoms with Crippen molar-refractivity contribution in [3.63, 3.8) is 0 Å². The lowest BCUT2D eigenvalue weighted by Crippen LogP contribution is -2.52. The molecule has 1 unspecified atom stereocenters. The third-order valence-corrected chi connectivity index (χ3v) is 3.52. The van der Waals surface area contributed by atoms with E-state index in [4.69, 9.17) is 28.9 Å². The van der Waals surface area contributed by atoms with Gasteiger partial charge in [0.2, 0.25) is 0 Å². The zero-order valence-corrected chi connectivity index (χ0v) is 10.9. The topological polar surface area (TPSA) is 29.3 Å². The second-order valence-corrected chi connectivity index (χ2v) is 5.62. The summed E-state index contributed by atoms with van der Waals surface area (Å²) in [4.78, 5) is 2.24. The molecule has 0 spiro atoms. The molecule has 16 heavy (non-hydrogen) atoms. The Bertz CT molecular complexity index is 391. The van der Waals surface area contributed by atoms with Crippen molar-refractivity contribution in [3.05, 3.63) is 28.2 Å². The first-order valence-corrected chi connectivity index (χ1v) is 6.22. The average molecular weight is 259 g/mol. The van der Waals surface area contributed by atoms with Crippen LogP contribution in [0.2, 0.25) is 10.0 Å². The minimum absolute atomic E-state index is 0.124. The number of rotatable bonds is 1. The highest BCUT2D eigenvalue weighted by molar-refractivity contribution is 6.36. The third kappa shape index (κ3) is 2.62. The Kier molecular flexibility index (Phi) is 3.34. The molecule has 1 saturated heterocycles. The van der Waals surface area contributed by atoms with Crippen molar-refractivity contribution in [2.24, 2.45) is 5.73 Å². The fraction of sp³-hybridized carbons (Fsp3) is 0.500. The van der Waals surface area contributed by atoms with E-state index < -0.39 is 0 Å². The smallest absolute Gasteiger partial charge is 0.0654 e. The van der Waals surface area contributed by atoms with Gasteiger partial charge >= 0.3 is 0 Å². The molecular weight excluding hydrogens is 243 g/mol. The number of anilines is 1. The summed E-state index contributed by atoms with van der Waals surface area (Å²) in [6.07, 6.45) is 2.17. The molecule has 0 aromatic heterocycles. The average Bonchev–Trinajstić information content (AvgIpc) is 2.15. The van der Waals surface area contributed by atoms with E-state index in [-0.39, 0.29) is 5.54 Å². The van der Waals surface area contributed by atoms with Gasteiger partial charge in [0.05, 0.1) is 10.7 Å². The maximum atomic E-state index is 6.19. The van der Waals surface area contributed by atoms with Crippen LogP contribution in [0.25, 0.3) is 0 Å². The number of hydrogen-bond donors (Lipinski definition) is 1. The molecule has 1 aliphatic heterocycles. The Hall–Kier alpha value is -0.440. The van der Waals surface area contributed by atoms with Gasteiger partial charge in [0, 0.05) is 23.7 Å². The first-order valence-electron chi connectivity index (χ1n) is 5.47. The van der Waals surface area contributed by atoms with Crippen LogP contribution < -0.4 is 10.6 Å². The Morgan fingerprint density at radius 1 is 1.38 bits per heavy atom. The molecule has 1 atom stereocenters. The molecule has 1 aliphatic rings. The summed E-state index contributed by atoms with van der Waals surface area (Å²) in [5.41, 5.74) is 7.08. The van der Waals surface area contributed by atoms with E-state index >= 15 is 0 Å². The maximum absolute atomic E-state index is 6.19. The molecule has 1 aromatic carbocycles. The zero-order valence-electron chi connectivity index (χ0n) is 9.34. The third-order valence-electron chi connectivity index (χ3n) is 2.98. The highest BCUT2D eigenvalue weighted by Crippen LogP contribution is 2.32. The molecule has 0 aliphatic carbocycles. The highest BCUT2D eigenvalue weighted by atomic mass is 35.5. The molecule has 0 radical (unpaired) electrons. The van der Waals surface area contributed by atoms with Crippen molar-refractivity contribution < 1.29 is 0 Å². The van der Waals surface area contributed by atoms with Crippen molar-refractivity contribution in [2.45, 2.75) is 25.3 Å².